The van der Waals surface area contributed by atoms with Crippen molar-refractivity contribution in [3.05, 3.63) is 24.2 Å². The lowest BCUT2D eigenvalue weighted by Crippen LogP contribution is -1.95. The van der Waals surface area contributed by atoms with E-state index >= 15 is 0 Å². The summed E-state index contributed by atoms with van der Waals surface area (Å²) in [5, 5.41) is 4.08. The molecule has 13 heavy (non-hydrogen) atoms. The Morgan fingerprint density at radius 2 is 2.08 bits per heavy atom. The molecule has 2 N–H and O–H groups in total. The highest BCUT2D eigenvalue weighted by Gasteiger charge is 2.01. The standard InChI is InChI=1S/C7H8N4.C2H6/c1-5-4-10-11-3-2-9-7(8)6(5)11;1-2/h2-4H,1H3,(H2,8,9);1-2H3. The van der Waals surface area contributed by atoms with Crippen LogP contribution >= 0.6 is 0 Å². The lowest BCUT2D eigenvalue weighted by Gasteiger charge is -1.95. The van der Waals surface area contributed by atoms with Crippen LogP contribution in [0.3, 0.4) is 0 Å². The summed E-state index contributed by atoms with van der Waals surface area (Å²) in [5.74, 6) is 0.530. The number of nitrogens with two attached hydrogens (primary N) is 1. The first kappa shape index (κ1) is 9.51. The zero-order valence-corrected chi connectivity index (χ0v) is 8.15. The van der Waals surface area contributed by atoms with Gasteiger partial charge in [0.2, 0.25) is 0 Å². The Morgan fingerprint density at radius 1 is 1.38 bits per heavy atom. The van der Waals surface area contributed by atoms with E-state index in [0.29, 0.717) is 5.82 Å². The number of fused-ring (bicyclic) bond motifs is 1. The fourth-order valence-electron chi connectivity index (χ4n) is 1.12. The van der Waals surface area contributed by atoms with Crippen LogP contribution in [-0.4, -0.2) is 14.6 Å². The van der Waals surface area contributed by atoms with Gasteiger partial charge in [-0.15, -0.1) is 0 Å². The first-order valence-corrected chi connectivity index (χ1v) is 4.33. The third-order valence-electron chi connectivity index (χ3n) is 1.64. The molecule has 0 atom stereocenters. The summed E-state index contributed by atoms with van der Waals surface area (Å²) < 4.78 is 1.72. The number of aryl methyl sites for hydroxylation is 1. The Hall–Kier alpha value is -1.58. The minimum Gasteiger partial charge on any atom is -0.382 e. The van der Waals surface area contributed by atoms with Gasteiger partial charge in [-0.3, -0.25) is 0 Å². The van der Waals surface area contributed by atoms with Crippen LogP contribution in [0.1, 0.15) is 19.4 Å². The molecular formula is C9H14N4. The zero-order valence-electron chi connectivity index (χ0n) is 8.15. The van der Waals surface area contributed by atoms with E-state index in [1.807, 2.05) is 20.8 Å². The lowest BCUT2D eigenvalue weighted by atomic mass is 10.3. The van der Waals surface area contributed by atoms with Crippen LogP contribution in [0.25, 0.3) is 5.52 Å². The van der Waals surface area contributed by atoms with Crippen molar-refractivity contribution in [3.8, 4) is 0 Å². The molecule has 0 fully saturated rings. The maximum atomic E-state index is 5.63. The highest BCUT2D eigenvalue weighted by Crippen LogP contribution is 2.13. The molecule has 0 amide bonds. The fraction of sp³-hybridized carbons (Fsp3) is 0.333. The highest BCUT2D eigenvalue weighted by atomic mass is 15.2. The molecule has 0 bridgehead atoms. The number of nitrogens with zero attached hydrogens (tertiary/aromatic N) is 3. The topological polar surface area (TPSA) is 56.2 Å². The molecule has 0 radical (unpaired) electrons. The molecule has 0 aliphatic carbocycles. The summed E-state index contributed by atoms with van der Waals surface area (Å²) in [6.07, 6.45) is 5.18. The molecule has 2 rings (SSSR count). The van der Waals surface area contributed by atoms with Gasteiger partial charge in [0.25, 0.3) is 0 Å². The van der Waals surface area contributed by atoms with E-state index in [2.05, 4.69) is 10.1 Å². The van der Waals surface area contributed by atoms with E-state index in [0.717, 1.165) is 11.1 Å². The second-order valence-electron chi connectivity index (χ2n) is 2.43. The predicted octanol–water partition coefficient (Wildman–Crippen LogP) is 1.65. The van der Waals surface area contributed by atoms with Crippen LogP contribution in [-0.2, 0) is 0 Å². The van der Waals surface area contributed by atoms with E-state index in [1.165, 1.54) is 0 Å². The molecule has 2 heterocycles. The zero-order chi connectivity index (χ0) is 9.84. The average Bonchev–Trinajstić information content (AvgIpc) is 2.53. The second kappa shape index (κ2) is 3.89. The van der Waals surface area contributed by atoms with Crippen molar-refractivity contribution in [3.63, 3.8) is 0 Å². The van der Waals surface area contributed by atoms with Crippen LogP contribution in [0.5, 0.6) is 0 Å². The minimum atomic E-state index is 0.530. The van der Waals surface area contributed by atoms with Crippen molar-refractivity contribution in [2.45, 2.75) is 20.8 Å². The number of aromatic nitrogens is 3. The van der Waals surface area contributed by atoms with Crippen molar-refractivity contribution in [2.75, 3.05) is 5.73 Å². The Kier molecular flexibility index (Phi) is 2.84. The van der Waals surface area contributed by atoms with Gasteiger partial charge in [-0.25, -0.2) is 9.50 Å². The highest BCUT2D eigenvalue weighted by molar-refractivity contribution is 5.68. The molecule has 0 aromatic carbocycles. The maximum Gasteiger partial charge on any atom is 0.149 e. The first-order valence-electron chi connectivity index (χ1n) is 4.33. The Labute approximate surface area is 77.4 Å². The van der Waals surface area contributed by atoms with Gasteiger partial charge in [-0.2, -0.15) is 5.10 Å². The smallest absolute Gasteiger partial charge is 0.149 e. The van der Waals surface area contributed by atoms with Gasteiger partial charge >= 0.3 is 0 Å². The Bertz CT molecular complexity index is 391. The van der Waals surface area contributed by atoms with Gasteiger partial charge in [-0.1, -0.05) is 13.8 Å². The molecule has 4 nitrogen and oxygen atoms in total. The van der Waals surface area contributed by atoms with Crippen molar-refractivity contribution in [1.29, 1.82) is 0 Å². The normalized spacial score (nSPS) is 9.46. The van der Waals surface area contributed by atoms with Crippen LogP contribution in [0.2, 0.25) is 0 Å². The van der Waals surface area contributed by atoms with Crippen LogP contribution < -0.4 is 5.73 Å². The maximum absolute atomic E-state index is 5.63. The quantitative estimate of drug-likeness (QED) is 0.667. The summed E-state index contributed by atoms with van der Waals surface area (Å²) >= 11 is 0. The Balaban J connectivity index is 0.000000396. The van der Waals surface area contributed by atoms with Crippen molar-refractivity contribution >= 4 is 11.3 Å². The molecule has 2 aromatic rings. The van der Waals surface area contributed by atoms with Crippen molar-refractivity contribution in [1.82, 2.24) is 14.6 Å². The van der Waals surface area contributed by atoms with Gasteiger partial charge in [0, 0.05) is 12.4 Å². The lowest BCUT2D eigenvalue weighted by molar-refractivity contribution is 0.949. The molecule has 0 spiro atoms. The number of nitrogen functional groups attached to an aromatic ring is 1. The van der Waals surface area contributed by atoms with Crippen molar-refractivity contribution < 1.29 is 0 Å². The van der Waals surface area contributed by atoms with Gasteiger partial charge in [-0.05, 0) is 12.5 Å². The molecule has 0 saturated carbocycles. The van der Waals surface area contributed by atoms with Crippen LogP contribution in [0.15, 0.2) is 18.6 Å². The van der Waals surface area contributed by atoms with Gasteiger partial charge in [0.15, 0.2) is 0 Å². The number of hydrogen-bond acceptors (Lipinski definition) is 3. The molecule has 0 aliphatic heterocycles. The van der Waals surface area contributed by atoms with E-state index < -0.39 is 0 Å². The van der Waals surface area contributed by atoms with E-state index in [1.54, 1.807) is 23.1 Å². The van der Waals surface area contributed by atoms with E-state index in [9.17, 15) is 0 Å². The van der Waals surface area contributed by atoms with E-state index in [-0.39, 0.29) is 0 Å². The predicted molar refractivity (Wildman–Crippen MR) is 53.5 cm³/mol. The molecule has 70 valence electrons. The van der Waals surface area contributed by atoms with Gasteiger partial charge in [0.05, 0.1) is 6.20 Å². The summed E-state index contributed by atoms with van der Waals surface area (Å²) in [4.78, 5) is 3.96. The average molecular weight is 178 g/mol. The Morgan fingerprint density at radius 3 is 2.69 bits per heavy atom. The number of rotatable bonds is 0. The number of hydrogen-bond donors (Lipinski definition) is 1. The molecule has 0 aliphatic rings. The first-order chi connectivity index (χ1) is 6.29. The molecule has 2 aromatic heterocycles. The summed E-state index contributed by atoms with van der Waals surface area (Å²) in [7, 11) is 0. The third-order valence-corrected chi connectivity index (χ3v) is 1.64. The van der Waals surface area contributed by atoms with Gasteiger partial charge < -0.3 is 5.73 Å². The summed E-state index contributed by atoms with van der Waals surface area (Å²) in [5.41, 5.74) is 7.58. The third kappa shape index (κ3) is 1.61. The van der Waals surface area contributed by atoms with E-state index in [4.69, 9.17) is 5.73 Å². The minimum absolute atomic E-state index is 0.530. The number of anilines is 1. The molecule has 4 heteroatoms. The molecule has 0 unspecified atom stereocenters. The van der Waals surface area contributed by atoms with Gasteiger partial charge in [0.1, 0.15) is 11.3 Å². The van der Waals surface area contributed by atoms with Crippen LogP contribution in [0, 0.1) is 6.92 Å². The monoisotopic (exact) mass is 178 g/mol. The molecular weight excluding hydrogens is 164 g/mol. The second-order valence-corrected chi connectivity index (χ2v) is 2.43. The SMILES string of the molecule is CC.Cc1cnn2ccnc(N)c12. The van der Waals surface area contributed by atoms with Crippen molar-refractivity contribution in [2.24, 2.45) is 0 Å². The summed E-state index contributed by atoms with van der Waals surface area (Å²) in [6.45, 7) is 5.96. The summed E-state index contributed by atoms with van der Waals surface area (Å²) in [6, 6.07) is 0. The fourth-order valence-corrected chi connectivity index (χ4v) is 1.12. The van der Waals surface area contributed by atoms with Crippen LogP contribution in [0.4, 0.5) is 5.82 Å². The molecule has 0 saturated heterocycles. The largest absolute Gasteiger partial charge is 0.382 e.